The number of aliphatic hydroxyl groups is 3. The molecule has 0 amide bonds. The van der Waals surface area contributed by atoms with Crippen LogP contribution < -0.4 is 5.73 Å². The molecule has 0 fully saturated rings. The van der Waals surface area contributed by atoms with Gasteiger partial charge < -0.3 is 36.4 Å². The Labute approximate surface area is 119 Å². The van der Waals surface area contributed by atoms with Crippen molar-refractivity contribution in [2.45, 2.75) is 18.3 Å². The monoisotopic (exact) mass is 303 g/mol. The predicted molar refractivity (Wildman–Crippen MR) is 69.4 cm³/mol. The molecule has 0 heterocycles. The second-order valence-corrected chi connectivity index (χ2v) is 3.91. The highest BCUT2D eigenvalue weighted by atomic mass is 16.4. The number of carboxylic acid groups (broad SMARTS) is 2. The molecule has 0 spiro atoms. The summed E-state index contributed by atoms with van der Waals surface area (Å²) in [5.41, 5.74) is 5.87. The maximum Gasteiger partial charge on any atom is 0.335 e. The number of hydrogen-bond donors (Lipinski definition) is 7. The van der Waals surface area contributed by atoms with Crippen molar-refractivity contribution in [3.05, 3.63) is 29.8 Å². The summed E-state index contributed by atoms with van der Waals surface area (Å²) in [6.45, 7) is 0.170. The second-order valence-electron chi connectivity index (χ2n) is 3.91. The van der Waals surface area contributed by atoms with E-state index in [0.717, 1.165) is 0 Å². The number of rotatable bonds is 5. The summed E-state index contributed by atoms with van der Waals surface area (Å²) in [5, 5.41) is 50.7. The van der Waals surface area contributed by atoms with Gasteiger partial charge in [0.2, 0.25) is 0 Å². The molecule has 1 rings (SSSR count). The topological polar surface area (TPSA) is 182 Å². The van der Waals surface area contributed by atoms with Crippen molar-refractivity contribution in [1.29, 1.82) is 0 Å². The number of benzene rings is 1. The first kappa shape index (κ1) is 18.8. The summed E-state index contributed by atoms with van der Waals surface area (Å²) in [4.78, 5) is 19.5. The Kier molecular flexibility index (Phi) is 7.94. The standard InChI is InChI=1S/C8H11NO2.C4H6O6/c9-5-8(11)6-2-1-3-7(10)4-6;5-1(3(7)8)2(6)4(9)10/h1-4,8,10-11H,5,9H2;1-2,5-6H,(H,7,8)(H,9,10)/t;1-,2-/m.1/s1. The third-order valence-corrected chi connectivity index (χ3v) is 2.28. The van der Waals surface area contributed by atoms with E-state index in [1.807, 2.05) is 0 Å². The lowest BCUT2D eigenvalue weighted by Gasteiger charge is -2.07. The average Bonchev–Trinajstić information content (AvgIpc) is 2.45. The number of aliphatic carboxylic acids is 2. The molecule has 1 aromatic carbocycles. The molecule has 9 nitrogen and oxygen atoms in total. The molecule has 0 aromatic heterocycles. The van der Waals surface area contributed by atoms with E-state index >= 15 is 0 Å². The van der Waals surface area contributed by atoms with Gasteiger partial charge in [-0.3, -0.25) is 0 Å². The maximum atomic E-state index is 9.77. The van der Waals surface area contributed by atoms with Crippen molar-refractivity contribution in [1.82, 2.24) is 0 Å². The highest BCUT2D eigenvalue weighted by Crippen LogP contribution is 2.16. The minimum Gasteiger partial charge on any atom is -0.508 e. The molecule has 0 aliphatic heterocycles. The highest BCUT2D eigenvalue weighted by Gasteiger charge is 2.29. The van der Waals surface area contributed by atoms with E-state index in [9.17, 15) is 14.7 Å². The molecule has 3 atom stereocenters. The molecule has 0 aliphatic rings. The highest BCUT2D eigenvalue weighted by molar-refractivity contribution is 5.83. The Morgan fingerprint density at radius 3 is 1.86 bits per heavy atom. The van der Waals surface area contributed by atoms with Crippen molar-refractivity contribution in [2.24, 2.45) is 5.73 Å². The van der Waals surface area contributed by atoms with E-state index in [1.54, 1.807) is 18.2 Å². The van der Waals surface area contributed by atoms with Crippen molar-refractivity contribution in [3.63, 3.8) is 0 Å². The molecule has 0 aliphatic carbocycles. The smallest absolute Gasteiger partial charge is 0.335 e. The van der Waals surface area contributed by atoms with Crippen LogP contribution in [0.3, 0.4) is 0 Å². The van der Waals surface area contributed by atoms with Gasteiger partial charge in [-0.25, -0.2) is 9.59 Å². The number of aliphatic hydroxyl groups excluding tert-OH is 3. The van der Waals surface area contributed by atoms with Crippen molar-refractivity contribution < 1.29 is 40.2 Å². The Morgan fingerprint density at radius 1 is 1.05 bits per heavy atom. The van der Waals surface area contributed by atoms with Crippen molar-refractivity contribution in [3.8, 4) is 5.75 Å². The van der Waals surface area contributed by atoms with Gasteiger partial charge in [0.1, 0.15) is 5.75 Å². The van der Waals surface area contributed by atoms with Crippen LogP contribution in [0.25, 0.3) is 0 Å². The first-order valence-electron chi connectivity index (χ1n) is 5.69. The lowest BCUT2D eigenvalue weighted by Crippen LogP contribution is -2.39. The van der Waals surface area contributed by atoms with Crippen LogP contribution in [0.2, 0.25) is 0 Å². The number of phenols is 1. The van der Waals surface area contributed by atoms with Crippen molar-refractivity contribution >= 4 is 11.9 Å². The number of nitrogens with two attached hydrogens (primary N) is 1. The molecule has 0 saturated carbocycles. The minimum atomic E-state index is -2.27. The van der Waals surface area contributed by atoms with Crippen LogP contribution >= 0.6 is 0 Å². The summed E-state index contributed by atoms with van der Waals surface area (Å²) in [6.07, 6.45) is -5.21. The number of hydrogen-bond acceptors (Lipinski definition) is 7. The van der Waals surface area contributed by atoms with E-state index < -0.39 is 30.3 Å². The fourth-order valence-corrected chi connectivity index (χ4v) is 1.14. The molecule has 21 heavy (non-hydrogen) atoms. The van der Waals surface area contributed by atoms with Gasteiger partial charge in [0.25, 0.3) is 0 Å². The van der Waals surface area contributed by atoms with Gasteiger partial charge in [0, 0.05) is 6.54 Å². The zero-order valence-corrected chi connectivity index (χ0v) is 10.8. The van der Waals surface area contributed by atoms with Crippen LogP contribution in [0, 0.1) is 0 Å². The first-order valence-corrected chi connectivity index (χ1v) is 5.69. The van der Waals surface area contributed by atoms with Gasteiger partial charge in [0.15, 0.2) is 12.2 Å². The molecular formula is C12H17NO8. The SMILES string of the molecule is NCC(O)c1cccc(O)c1.O=C(O)[C@H](O)[C@@H](O)C(=O)O. The zero-order chi connectivity index (χ0) is 16.6. The van der Waals surface area contributed by atoms with Gasteiger partial charge in [-0.1, -0.05) is 12.1 Å². The van der Waals surface area contributed by atoms with Crippen LogP contribution in [0.5, 0.6) is 5.75 Å². The van der Waals surface area contributed by atoms with Gasteiger partial charge >= 0.3 is 11.9 Å². The average molecular weight is 303 g/mol. The van der Waals surface area contributed by atoms with E-state index in [1.165, 1.54) is 6.07 Å². The number of phenolic OH excluding ortho intramolecular Hbond substituents is 1. The Hall–Kier alpha value is -2.20. The van der Waals surface area contributed by atoms with Crippen LogP contribution in [0.4, 0.5) is 0 Å². The molecule has 118 valence electrons. The second kappa shape index (κ2) is 8.87. The Morgan fingerprint density at radius 2 is 1.52 bits per heavy atom. The predicted octanol–water partition coefficient (Wildman–Crippen LogP) is -1.74. The Balaban J connectivity index is 0.000000384. The van der Waals surface area contributed by atoms with E-state index in [2.05, 4.69) is 0 Å². The molecule has 9 heteroatoms. The van der Waals surface area contributed by atoms with Gasteiger partial charge in [-0.15, -0.1) is 0 Å². The Bertz CT molecular complexity index is 460. The summed E-state index contributed by atoms with van der Waals surface area (Å²) < 4.78 is 0. The quantitative estimate of drug-likeness (QED) is 0.332. The summed E-state index contributed by atoms with van der Waals surface area (Å²) in [5.74, 6) is -3.39. The van der Waals surface area contributed by atoms with Crippen LogP contribution in [0.15, 0.2) is 24.3 Å². The molecule has 1 aromatic rings. The van der Waals surface area contributed by atoms with Gasteiger partial charge in [-0.2, -0.15) is 0 Å². The molecule has 1 unspecified atom stereocenters. The van der Waals surface area contributed by atoms with Crippen LogP contribution in [0.1, 0.15) is 11.7 Å². The van der Waals surface area contributed by atoms with E-state index in [4.69, 9.17) is 31.3 Å². The first-order chi connectivity index (χ1) is 9.70. The molecular weight excluding hydrogens is 286 g/mol. The largest absolute Gasteiger partial charge is 0.508 e. The fourth-order valence-electron chi connectivity index (χ4n) is 1.14. The summed E-state index contributed by atoms with van der Waals surface area (Å²) >= 11 is 0. The van der Waals surface area contributed by atoms with Gasteiger partial charge in [0.05, 0.1) is 6.10 Å². The molecule has 0 radical (unpaired) electrons. The molecule has 8 N–H and O–H groups in total. The van der Waals surface area contributed by atoms with E-state index in [0.29, 0.717) is 5.56 Å². The summed E-state index contributed by atoms with van der Waals surface area (Å²) in [6, 6.07) is 6.44. The zero-order valence-electron chi connectivity index (χ0n) is 10.8. The fraction of sp³-hybridized carbons (Fsp3) is 0.333. The third kappa shape index (κ3) is 6.68. The summed E-state index contributed by atoms with van der Waals surface area (Å²) in [7, 11) is 0. The minimum absolute atomic E-state index is 0.148. The van der Waals surface area contributed by atoms with E-state index in [-0.39, 0.29) is 12.3 Å². The lowest BCUT2D eigenvalue weighted by molar-refractivity contribution is -0.165. The normalized spacial score (nSPS) is 14.3. The molecule has 0 bridgehead atoms. The van der Waals surface area contributed by atoms with Crippen molar-refractivity contribution in [2.75, 3.05) is 6.54 Å². The third-order valence-electron chi connectivity index (χ3n) is 2.28. The number of carbonyl (C=O) groups is 2. The van der Waals surface area contributed by atoms with Crippen LogP contribution in [-0.4, -0.2) is 61.3 Å². The van der Waals surface area contributed by atoms with Crippen LogP contribution in [-0.2, 0) is 9.59 Å². The van der Waals surface area contributed by atoms with Gasteiger partial charge in [-0.05, 0) is 17.7 Å². The maximum absolute atomic E-state index is 9.77. The number of aromatic hydroxyl groups is 1. The molecule has 0 saturated heterocycles. The lowest BCUT2D eigenvalue weighted by atomic mass is 10.1. The number of carboxylic acids is 2.